The van der Waals surface area contributed by atoms with Crippen molar-refractivity contribution in [2.75, 3.05) is 5.32 Å². The highest BCUT2D eigenvalue weighted by molar-refractivity contribution is 9.10. The summed E-state index contributed by atoms with van der Waals surface area (Å²) in [6.45, 7) is 0. The minimum Gasteiger partial charge on any atom is -0.338 e. The van der Waals surface area contributed by atoms with Crippen LogP contribution in [0.15, 0.2) is 34.8 Å². The number of hydrogen-bond acceptors (Lipinski definition) is 3. The molecule has 18 heavy (non-hydrogen) atoms. The van der Waals surface area contributed by atoms with Gasteiger partial charge in [-0.15, -0.1) is 0 Å². The number of nitriles is 1. The highest BCUT2D eigenvalue weighted by Gasteiger charge is 2.09. The molecule has 0 saturated heterocycles. The molecule has 0 aliphatic carbocycles. The highest BCUT2D eigenvalue weighted by Crippen LogP contribution is 2.25. The first-order valence-corrected chi connectivity index (χ1v) is 5.68. The molecule has 90 valence electrons. The lowest BCUT2D eigenvalue weighted by atomic mass is 10.3. The van der Waals surface area contributed by atoms with E-state index in [4.69, 9.17) is 5.26 Å². The lowest BCUT2D eigenvalue weighted by Crippen LogP contribution is -1.98. The quantitative estimate of drug-likeness (QED) is 0.860. The Morgan fingerprint density at radius 1 is 1.22 bits per heavy atom. The molecule has 0 spiro atoms. The van der Waals surface area contributed by atoms with E-state index in [0.717, 1.165) is 12.1 Å². The maximum atomic E-state index is 13.5. The molecule has 0 amide bonds. The average Bonchev–Trinajstić information content (AvgIpc) is 2.36. The molecule has 1 heterocycles. The maximum Gasteiger partial charge on any atom is 0.148 e. The number of nitrogens with zero attached hydrogens (tertiary/aromatic N) is 2. The van der Waals surface area contributed by atoms with Crippen molar-refractivity contribution in [1.82, 2.24) is 4.98 Å². The van der Waals surface area contributed by atoms with Gasteiger partial charge in [-0.05, 0) is 34.1 Å². The molecule has 1 N–H and O–H groups in total. The third kappa shape index (κ3) is 2.63. The van der Waals surface area contributed by atoms with E-state index in [1.54, 1.807) is 12.1 Å². The number of hydrogen-bond donors (Lipinski definition) is 1. The molecule has 2 rings (SSSR count). The van der Waals surface area contributed by atoms with Crippen molar-refractivity contribution in [2.24, 2.45) is 0 Å². The Balaban J connectivity index is 2.34. The molecule has 0 fully saturated rings. The van der Waals surface area contributed by atoms with Crippen LogP contribution in [-0.4, -0.2) is 4.98 Å². The minimum atomic E-state index is -0.618. The smallest absolute Gasteiger partial charge is 0.148 e. The molecule has 0 atom stereocenters. The van der Waals surface area contributed by atoms with Crippen LogP contribution in [0.4, 0.5) is 20.3 Å². The van der Waals surface area contributed by atoms with E-state index >= 15 is 0 Å². The first kappa shape index (κ1) is 12.5. The summed E-state index contributed by atoms with van der Waals surface area (Å²) >= 11 is 2.89. The lowest BCUT2D eigenvalue weighted by Gasteiger charge is -2.07. The van der Waals surface area contributed by atoms with Crippen LogP contribution >= 0.6 is 15.9 Å². The molecule has 0 aliphatic rings. The zero-order chi connectivity index (χ0) is 13.1. The van der Waals surface area contributed by atoms with E-state index in [2.05, 4.69) is 26.2 Å². The van der Waals surface area contributed by atoms with Crippen molar-refractivity contribution in [3.8, 4) is 6.07 Å². The van der Waals surface area contributed by atoms with E-state index in [-0.39, 0.29) is 21.7 Å². The summed E-state index contributed by atoms with van der Waals surface area (Å²) in [5.74, 6) is -0.933. The van der Waals surface area contributed by atoms with Crippen LogP contribution < -0.4 is 5.32 Å². The normalized spacial score (nSPS) is 9.89. The number of pyridine rings is 1. The lowest BCUT2D eigenvalue weighted by molar-refractivity contribution is 0.597. The fourth-order valence-electron chi connectivity index (χ4n) is 1.32. The second-order valence-electron chi connectivity index (χ2n) is 3.39. The Morgan fingerprint density at radius 3 is 2.72 bits per heavy atom. The Morgan fingerprint density at radius 2 is 2.00 bits per heavy atom. The van der Waals surface area contributed by atoms with Gasteiger partial charge in [-0.1, -0.05) is 6.07 Å². The maximum absolute atomic E-state index is 13.5. The van der Waals surface area contributed by atoms with Crippen LogP contribution in [-0.2, 0) is 0 Å². The van der Waals surface area contributed by atoms with Gasteiger partial charge in [0.25, 0.3) is 0 Å². The second-order valence-corrected chi connectivity index (χ2v) is 4.25. The van der Waals surface area contributed by atoms with Crippen LogP contribution in [0.5, 0.6) is 0 Å². The standard InChI is InChI=1S/C12H6BrF2N3/c13-8-4-10(15)11(5-9(8)14)18-12-3-1-2-7(6-16)17-12/h1-5H,(H,17,18). The predicted octanol–water partition coefficient (Wildman–Crippen LogP) is 3.74. The van der Waals surface area contributed by atoms with Crippen molar-refractivity contribution >= 4 is 27.4 Å². The molecule has 0 bridgehead atoms. The number of aromatic nitrogens is 1. The van der Waals surface area contributed by atoms with E-state index < -0.39 is 11.6 Å². The monoisotopic (exact) mass is 309 g/mol. The Bertz CT molecular complexity index is 638. The summed E-state index contributed by atoms with van der Waals surface area (Å²) in [5.41, 5.74) is 0.149. The summed E-state index contributed by atoms with van der Waals surface area (Å²) in [4.78, 5) is 3.91. The molecule has 6 heteroatoms. The second kappa shape index (κ2) is 5.10. The molecular weight excluding hydrogens is 304 g/mol. The SMILES string of the molecule is N#Cc1cccc(Nc2cc(F)c(Br)cc2F)n1. The zero-order valence-corrected chi connectivity index (χ0v) is 10.5. The van der Waals surface area contributed by atoms with Crippen molar-refractivity contribution in [2.45, 2.75) is 0 Å². The van der Waals surface area contributed by atoms with Crippen molar-refractivity contribution in [1.29, 1.82) is 5.26 Å². The molecule has 1 aromatic heterocycles. The van der Waals surface area contributed by atoms with Gasteiger partial charge in [-0.25, -0.2) is 13.8 Å². The number of benzene rings is 1. The molecule has 0 unspecified atom stereocenters. The van der Waals surface area contributed by atoms with Gasteiger partial charge >= 0.3 is 0 Å². The van der Waals surface area contributed by atoms with Crippen LogP contribution in [0.2, 0.25) is 0 Å². The molecule has 0 aliphatic heterocycles. The van der Waals surface area contributed by atoms with Gasteiger partial charge in [0, 0.05) is 6.07 Å². The molecule has 1 aromatic carbocycles. The molecule has 2 aromatic rings. The number of anilines is 2. The van der Waals surface area contributed by atoms with Gasteiger partial charge in [0.15, 0.2) is 0 Å². The van der Waals surface area contributed by atoms with Gasteiger partial charge in [0.05, 0.1) is 10.2 Å². The van der Waals surface area contributed by atoms with E-state index in [1.165, 1.54) is 6.07 Å². The van der Waals surface area contributed by atoms with Gasteiger partial charge in [0.1, 0.15) is 29.2 Å². The Labute approximate surface area is 110 Å². The third-order valence-corrected chi connectivity index (χ3v) is 2.74. The highest BCUT2D eigenvalue weighted by atomic mass is 79.9. The molecule has 0 radical (unpaired) electrons. The fraction of sp³-hybridized carbons (Fsp3) is 0. The van der Waals surface area contributed by atoms with Crippen molar-refractivity contribution in [3.63, 3.8) is 0 Å². The first-order valence-electron chi connectivity index (χ1n) is 4.89. The van der Waals surface area contributed by atoms with Gasteiger partial charge in [-0.2, -0.15) is 5.26 Å². The number of rotatable bonds is 2. The van der Waals surface area contributed by atoms with Crippen molar-refractivity contribution < 1.29 is 8.78 Å². The largest absolute Gasteiger partial charge is 0.338 e. The molecular formula is C12H6BrF2N3. The van der Waals surface area contributed by atoms with Gasteiger partial charge in [-0.3, -0.25) is 0 Å². The Hall–Kier alpha value is -2.00. The van der Waals surface area contributed by atoms with E-state index in [9.17, 15) is 8.78 Å². The topological polar surface area (TPSA) is 48.7 Å². The predicted molar refractivity (Wildman–Crippen MR) is 66.3 cm³/mol. The zero-order valence-electron chi connectivity index (χ0n) is 8.92. The van der Waals surface area contributed by atoms with Crippen molar-refractivity contribution in [3.05, 3.63) is 52.1 Å². The summed E-state index contributed by atoms with van der Waals surface area (Å²) in [7, 11) is 0. The molecule has 0 saturated carbocycles. The summed E-state index contributed by atoms with van der Waals surface area (Å²) in [6.07, 6.45) is 0. The van der Waals surface area contributed by atoms with Crippen LogP contribution in [0, 0.1) is 23.0 Å². The summed E-state index contributed by atoms with van der Waals surface area (Å²) in [6, 6.07) is 8.57. The first-order chi connectivity index (χ1) is 8.60. The van der Waals surface area contributed by atoms with Crippen LogP contribution in [0.1, 0.15) is 5.69 Å². The Kier molecular flexibility index (Phi) is 3.53. The van der Waals surface area contributed by atoms with Crippen LogP contribution in [0.3, 0.4) is 0 Å². The third-order valence-electron chi connectivity index (χ3n) is 2.14. The number of halogens is 3. The molecule has 3 nitrogen and oxygen atoms in total. The number of nitrogens with one attached hydrogen (secondary N) is 1. The van der Waals surface area contributed by atoms with E-state index in [0.29, 0.717) is 0 Å². The van der Waals surface area contributed by atoms with E-state index in [1.807, 2.05) is 6.07 Å². The van der Waals surface area contributed by atoms with Gasteiger partial charge < -0.3 is 5.32 Å². The van der Waals surface area contributed by atoms with Crippen LogP contribution in [0.25, 0.3) is 0 Å². The minimum absolute atomic E-state index is 0.0433. The fourth-order valence-corrected chi connectivity index (χ4v) is 1.64. The summed E-state index contributed by atoms with van der Waals surface area (Å²) < 4.78 is 26.9. The summed E-state index contributed by atoms with van der Waals surface area (Å²) in [5, 5.41) is 11.3. The average molecular weight is 310 g/mol. The van der Waals surface area contributed by atoms with Gasteiger partial charge in [0.2, 0.25) is 0 Å².